The maximum absolute atomic E-state index is 13.4. The number of nitrogens with zero attached hydrogens (tertiary/aromatic N) is 2. The Morgan fingerprint density at radius 3 is 2.83 bits per heavy atom. The molecule has 4 atom stereocenters. The number of thiophene rings is 1. The number of hydrogen-bond donors (Lipinski definition) is 0. The van der Waals surface area contributed by atoms with Crippen molar-refractivity contribution in [3.63, 3.8) is 0 Å². The van der Waals surface area contributed by atoms with Gasteiger partial charge >= 0.3 is 0 Å². The van der Waals surface area contributed by atoms with Crippen LogP contribution in [0.25, 0.3) is 0 Å². The summed E-state index contributed by atoms with van der Waals surface area (Å²) in [6, 6.07) is 8.34. The first-order valence-corrected chi connectivity index (χ1v) is 11.3. The molecule has 0 saturated carbocycles. The number of hydrogen-bond acceptors (Lipinski definition) is 4. The van der Waals surface area contributed by atoms with Crippen molar-refractivity contribution in [3.05, 3.63) is 69.4 Å². The smallest absolute Gasteiger partial charge is 0.230 e. The van der Waals surface area contributed by atoms with Crippen molar-refractivity contribution in [3.8, 4) is 0 Å². The number of carbonyl (C=O) groups excluding carboxylic acids is 2. The number of rotatable bonds is 5. The second-order valence-corrected chi connectivity index (χ2v) is 9.62. The molecule has 0 aliphatic carbocycles. The van der Waals surface area contributed by atoms with Crippen molar-refractivity contribution in [1.29, 1.82) is 0 Å². The molecular weight excluding hydrogens is 396 g/mol. The molecule has 5 rings (SSSR count). The number of amides is 2. The Labute approximate surface area is 180 Å². The molecule has 3 aliphatic rings. The molecular formula is C24H26N2O3S. The second kappa shape index (κ2) is 7.06. The predicted molar refractivity (Wildman–Crippen MR) is 116 cm³/mol. The molecule has 2 fully saturated rings. The molecule has 3 aliphatic heterocycles. The first-order chi connectivity index (χ1) is 14.4. The zero-order chi connectivity index (χ0) is 21.0. The molecule has 5 nitrogen and oxygen atoms in total. The van der Waals surface area contributed by atoms with Crippen molar-refractivity contribution in [2.75, 3.05) is 13.6 Å². The SMILES string of the molecule is Cc1ccc(CN2C[C@@]34C=C[C@@H](O3)C(C(=O)N(C)Cc3ccsc3)C4C2=O)cc1C. The van der Waals surface area contributed by atoms with Crippen LogP contribution in [-0.2, 0) is 27.4 Å². The van der Waals surface area contributed by atoms with E-state index in [1.54, 1.807) is 16.2 Å². The van der Waals surface area contributed by atoms with Gasteiger partial charge in [0.15, 0.2) is 0 Å². The van der Waals surface area contributed by atoms with Crippen LogP contribution in [0, 0.1) is 25.7 Å². The molecule has 6 heteroatoms. The summed E-state index contributed by atoms with van der Waals surface area (Å²) >= 11 is 1.62. The van der Waals surface area contributed by atoms with Crippen LogP contribution in [0.1, 0.15) is 22.3 Å². The highest BCUT2D eigenvalue weighted by Crippen LogP contribution is 2.52. The van der Waals surface area contributed by atoms with E-state index in [9.17, 15) is 9.59 Å². The van der Waals surface area contributed by atoms with Gasteiger partial charge in [0.2, 0.25) is 11.8 Å². The molecule has 0 radical (unpaired) electrons. The molecule has 156 valence electrons. The predicted octanol–water partition coefficient (Wildman–Crippen LogP) is 3.31. The number of likely N-dealkylation sites (tertiary alicyclic amines) is 1. The molecule has 1 aromatic carbocycles. The van der Waals surface area contributed by atoms with E-state index < -0.39 is 17.4 Å². The van der Waals surface area contributed by atoms with E-state index in [1.165, 1.54) is 11.1 Å². The summed E-state index contributed by atoms with van der Waals surface area (Å²) in [5.74, 6) is -0.862. The van der Waals surface area contributed by atoms with E-state index >= 15 is 0 Å². The zero-order valence-corrected chi connectivity index (χ0v) is 18.3. The lowest BCUT2D eigenvalue weighted by Crippen LogP contribution is -2.44. The summed E-state index contributed by atoms with van der Waals surface area (Å²) in [6.45, 7) is 5.78. The Kier molecular flexibility index (Phi) is 4.60. The highest BCUT2D eigenvalue weighted by Gasteiger charge is 2.67. The molecule has 0 N–H and O–H groups in total. The van der Waals surface area contributed by atoms with Crippen molar-refractivity contribution in [1.82, 2.24) is 9.80 Å². The number of aryl methyl sites for hydroxylation is 2. The van der Waals surface area contributed by atoms with Crippen LogP contribution in [-0.4, -0.2) is 46.9 Å². The van der Waals surface area contributed by atoms with Gasteiger partial charge in [-0.05, 0) is 52.9 Å². The molecule has 2 bridgehead atoms. The molecule has 4 heterocycles. The van der Waals surface area contributed by atoms with Gasteiger partial charge in [0.1, 0.15) is 5.60 Å². The third kappa shape index (κ3) is 3.01. The minimum Gasteiger partial charge on any atom is -0.360 e. The van der Waals surface area contributed by atoms with E-state index in [0.717, 1.165) is 11.1 Å². The van der Waals surface area contributed by atoms with Gasteiger partial charge < -0.3 is 14.5 Å². The van der Waals surface area contributed by atoms with Gasteiger partial charge in [-0.15, -0.1) is 0 Å². The number of carbonyl (C=O) groups is 2. The fourth-order valence-electron chi connectivity index (χ4n) is 5.11. The van der Waals surface area contributed by atoms with Crippen molar-refractivity contribution in [2.24, 2.45) is 11.8 Å². The average Bonchev–Trinajstić information content (AvgIpc) is 3.47. The highest BCUT2D eigenvalue weighted by molar-refractivity contribution is 7.07. The van der Waals surface area contributed by atoms with Gasteiger partial charge in [0, 0.05) is 20.1 Å². The fraction of sp³-hybridized carbons (Fsp3) is 0.417. The van der Waals surface area contributed by atoms with Gasteiger partial charge in [-0.3, -0.25) is 9.59 Å². The molecule has 2 aromatic rings. The molecule has 1 aromatic heterocycles. The maximum Gasteiger partial charge on any atom is 0.230 e. The zero-order valence-electron chi connectivity index (χ0n) is 17.5. The molecule has 2 unspecified atom stereocenters. The van der Waals surface area contributed by atoms with Gasteiger partial charge in [0.05, 0.1) is 24.5 Å². The normalized spacial score (nSPS) is 29.0. The lowest BCUT2D eigenvalue weighted by Gasteiger charge is -2.27. The molecule has 1 spiro atoms. The first kappa shape index (κ1) is 19.5. The highest BCUT2D eigenvalue weighted by atomic mass is 32.1. The van der Waals surface area contributed by atoms with Crippen LogP contribution in [0.3, 0.4) is 0 Å². The topological polar surface area (TPSA) is 49.9 Å². The van der Waals surface area contributed by atoms with E-state index in [1.807, 2.05) is 35.5 Å². The molecule has 2 saturated heterocycles. The third-order valence-electron chi connectivity index (χ3n) is 6.78. The maximum atomic E-state index is 13.4. The Morgan fingerprint density at radius 2 is 2.10 bits per heavy atom. The standard InChI is InChI=1S/C24H26N2O3S/c1-15-4-5-17(10-16(15)2)12-26-14-24-8-6-19(29-24)20(21(24)23(26)28)22(27)25(3)11-18-7-9-30-13-18/h4-10,13,19-21H,11-12,14H2,1-3H3/t19-,20?,21?,24-/m1/s1. The van der Waals surface area contributed by atoms with Crippen molar-refractivity contribution >= 4 is 23.2 Å². The lowest BCUT2D eigenvalue weighted by molar-refractivity contribution is -0.142. The Morgan fingerprint density at radius 1 is 1.27 bits per heavy atom. The summed E-state index contributed by atoms with van der Waals surface area (Å²) in [7, 11) is 1.81. The van der Waals surface area contributed by atoms with Gasteiger partial charge in [-0.2, -0.15) is 11.3 Å². The first-order valence-electron chi connectivity index (χ1n) is 10.4. The van der Waals surface area contributed by atoms with Gasteiger partial charge in [-0.1, -0.05) is 30.4 Å². The van der Waals surface area contributed by atoms with Crippen molar-refractivity contribution in [2.45, 2.75) is 38.6 Å². The number of ether oxygens (including phenoxy) is 1. The minimum absolute atomic E-state index is 0.0104. The minimum atomic E-state index is -0.662. The quantitative estimate of drug-likeness (QED) is 0.695. The van der Waals surface area contributed by atoms with Crippen molar-refractivity contribution < 1.29 is 14.3 Å². The van der Waals surface area contributed by atoms with Crippen LogP contribution in [0.2, 0.25) is 0 Å². The lowest BCUT2D eigenvalue weighted by atomic mass is 9.76. The molecule has 30 heavy (non-hydrogen) atoms. The second-order valence-electron chi connectivity index (χ2n) is 8.84. The Bertz CT molecular complexity index is 1030. The van der Waals surface area contributed by atoms with Crippen LogP contribution in [0.4, 0.5) is 0 Å². The fourth-order valence-corrected chi connectivity index (χ4v) is 5.76. The van der Waals surface area contributed by atoms with Gasteiger partial charge in [-0.25, -0.2) is 0 Å². The summed E-state index contributed by atoms with van der Waals surface area (Å²) in [4.78, 5) is 30.4. The Hall–Kier alpha value is -2.44. The monoisotopic (exact) mass is 422 g/mol. The summed E-state index contributed by atoms with van der Waals surface area (Å²) in [5, 5.41) is 4.06. The number of benzene rings is 1. The molecule has 2 amide bonds. The van der Waals surface area contributed by atoms with E-state index in [0.29, 0.717) is 19.6 Å². The Balaban J connectivity index is 1.36. The summed E-state index contributed by atoms with van der Waals surface area (Å²) < 4.78 is 6.27. The number of fused-ring (bicyclic) bond motifs is 1. The van der Waals surface area contributed by atoms with E-state index in [4.69, 9.17) is 4.74 Å². The van der Waals surface area contributed by atoms with Crippen LogP contribution in [0.5, 0.6) is 0 Å². The third-order valence-corrected chi connectivity index (χ3v) is 7.52. The van der Waals surface area contributed by atoms with E-state index in [-0.39, 0.29) is 17.9 Å². The van der Waals surface area contributed by atoms with Crippen LogP contribution < -0.4 is 0 Å². The van der Waals surface area contributed by atoms with Crippen LogP contribution >= 0.6 is 11.3 Å². The average molecular weight is 423 g/mol. The van der Waals surface area contributed by atoms with Crippen LogP contribution in [0.15, 0.2) is 47.2 Å². The van der Waals surface area contributed by atoms with Gasteiger partial charge in [0.25, 0.3) is 0 Å². The summed E-state index contributed by atoms with van der Waals surface area (Å²) in [5.41, 5.74) is 4.02. The summed E-state index contributed by atoms with van der Waals surface area (Å²) in [6.07, 6.45) is 3.69. The van der Waals surface area contributed by atoms with E-state index in [2.05, 4.69) is 37.4 Å². The largest absolute Gasteiger partial charge is 0.360 e.